The Morgan fingerprint density at radius 2 is 1.68 bits per heavy atom. The number of pyridine rings is 1. The van der Waals surface area contributed by atoms with E-state index in [0.717, 1.165) is 11.1 Å². The van der Waals surface area contributed by atoms with Gasteiger partial charge in [0.25, 0.3) is 5.91 Å². The molecule has 0 fully saturated rings. The van der Waals surface area contributed by atoms with Crippen LogP contribution in [0.5, 0.6) is 0 Å². The quantitative estimate of drug-likeness (QED) is 0.472. The number of para-hydroxylation sites is 1. The van der Waals surface area contributed by atoms with Crippen molar-refractivity contribution in [1.29, 1.82) is 0 Å². The van der Waals surface area contributed by atoms with E-state index in [1.54, 1.807) is 35.5 Å². The number of hydrogen-bond donors (Lipinski definition) is 0. The summed E-state index contributed by atoms with van der Waals surface area (Å²) in [6, 6.07) is 18.5. The van der Waals surface area contributed by atoms with E-state index >= 15 is 0 Å². The number of carbonyl (C=O) groups is 1. The first-order valence-corrected chi connectivity index (χ1v) is 10.4. The normalized spacial score (nSPS) is 15.6. The monoisotopic (exact) mass is 410 g/mol. The predicted octanol–water partition coefficient (Wildman–Crippen LogP) is 5.06. The highest BCUT2D eigenvalue weighted by molar-refractivity contribution is 5.99. The second kappa shape index (κ2) is 7.51. The summed E-state index contributed by atoms with van der Waals surface area (Å²) in [7, 11) is 0. The van der Waals surface area contributed by atoms with Crippen molar-refractivity contribution in [3.63, 3.8) is 0 Å². The van der Waals surface area contributed by atoms with Crippen LogP contribution in [-0.2, 0) is 6.54 Å². The summed E-state index contributed by atoms with van der Waals surface area (Å²) in [6.45, 7) is 4.64. The Labute approximate surface area is 180 Å². The van der Waals surface area contributed by atoms with Crippen molar-refractivity contribution < 1.29 is 9.21 Å². The number of aromatic nitrogens is 1. The predicted molar refractivity (Wildman–Crippen MR) is 119 cm³/mol. The number of amides is 1. The lowest BCUT2D eigenvalue weighted by atomic mass is 9.95. The summed E-state index contributed by atoms with van der Waals surface area (Å²) in [4.78, 5) is 32.7. The minimum atomic E-state index is -0.502. The standard InChI is InChI=1S/C26H22N2O3/c1-16(2)18-7-9-19(10-8-18)23-22-24(29)20-5-3-4-6-21(20)31-25(22)26(30)28(23)15-17-11-13-27-14-12-17/h3-14,16,23H,15H2,1-2H3. The molecule has 5 heteroatoms. The molecule has 1 aliphatic rings. The minimum absolute atomic E-state index is 0.135. The van der Waals surface area contributed by atoms with Gasteiger partial charge < -0.3 is 9.32 Å². The molecule has 1 unspecified atom stereocenters. The second-order valence-corrected chi connectivity index (χ2v) is 8.18. The zero-order valence-corrected chi connectivity index (χ0v) is 17.4. The van der Waals surface area contributed by atoms with Gasteiger partial charge in [-0.25, -0.2) is 0 Å². The van der Waals surface area contributed by atoms with E-state index in [2.05, 4.69) is 31.0 Å². The Morgan fingerprint density at radius 1 is 0.968 bits per heavy atom. The van der Waals surface area contributed by atoms with Crippen molar-refractivity contribution in [1.82, 2.24) is 9.88 Å². The molecular formula is C26H22N2O3. The molecule has 2 aromatic heterocycles. The van der Waals surface area contributed by atoms with Crippen molar-refractivity contribution in [3.8, 4) is 0 Å². The van der Waals surface area contributed by atoms with Gasteiger partial charge in [-0.3, -0.25) is 14.6 Å². The van der Waals surface area contributed by atoms with Crippen molar-refractivity contribution >= 4 is 16.9 Å². The average molecular weight is 410 g/mol. The smallest absolute Gasteiger partial charge is 0.291 e. The maximum Gasteiger partial charge on any atom is 0.291 e. The van der Waals surface area contributed by atoms with E-state index in [-0.39, 0.29) is 17.1 Å². The molecular weight excluding hydrogens is 388 g/mol. The third kappa shape index (κ3) is 3.22. The lowest BCUT2D eigenvalue weighted by Gasteiger charge is -2.25. The zero-order chi connectivity index (χ0) is 21.5. The number of hydrogen-bond acceptors (Lipinski definition) is 4. The SMILES string of the molecule is CC(C)c1ccc(C2c3c(oc4ccccc4c3=O)C(=O)N2Cc2ccncc2)cc1. The fourth-order valence-corrected chi connectivity index (χ4v) is 4.22. The van der Waals surface area contributed by atoms with Crippen molar-refractivity contribution in [2.75, 3.05) is 0 Å². The second-order valence-electron chi connectivity index (χ2n) is 8.18. The third-order valence-electron chi connectivity index (χ3n) is 5.89. The van der Waals surface area contributed by atoms with Gasteiger partial charge in [0, 0.05) is 18.9 Å². The van der Waals surface area contributed by atoms with Gasteiger partial charge in [0.15, 0.2) is 5.43 Å². The van der Waals surface area contributed by atoms with E-state index in [0.29, 0.717) is 29.0 Å². The highest BCUT2D eigenvalue weighted by Gasteiger charge is 2.42. The van der Waals surface area contributed by atoms with Gasteiger partial charge in [-0.1, -0.05) is 50.2 Å². The Kier molecular flexibility index (Phi) is 4.66. The molecule has 1 amide bonds. The lowest BCUT2D eigenvalue weighted by molar-refractivity contribution is 0.0714. The largest absolute Gasteiger partial charge is 0.450 e. The van der Waals surface area contributed by atoms with Crippen molar-refractivity contribution in [2.24, 2.45) is 0 Å². The van der Waals surface area contributed by atoms with Crippen molar-refractivity contribution in [3.05, 3.63) is 111 Å². The van der Waals surface area contributed by atoms with Crippen LogP contribution >= 0.6 is 0 Å². The van der Waals surface area contributed by atoms with Gasteiger partial charge in [0.1, 0.15) is 5.58 Å². The molecule has 5 rings (SSSR count). The summed E-state index contributed by atoms with van der Waals surface area (Å²) in [5.74, 6) is 0.261. The summed E-state index contributed by atoms with van der Waals surface area (Å²) < 4.78 is 5.98. The van der Waals surface area contributed by atoms with E-state index in [1.807, 2.05) is 30.3 Å². The Hall–Kier alpha value is -3.73. The highest BCUT2D eigenvalue weighted by atomic mass is 16.3. The Balaban J connectivity index is 1.70. The number of nitrogens with zero attached hydrogens (tertiary/aromatic N) is 2. The molecule has 0 N–H and O–H groups in total. The average Bonchev–Trinajstić information content (AvgIpc) is 3.06. The molecule has 1 aliphatic heterocycles. The van der Waals surface area contributed by atoms with Gasteiger partial charge in [-0.05, 0) is 46.9 Å². The molecule has 2 aromatic carbocycles. The summed E-state index contributed by atoms with van der Waals surface area (Å²) in [6.07, 6.45) is 3.40. The summed E-state index contributed by atoms with van der Waals surface area (Å²) in [5.41, 5.74) is 3.74. The van der Waals surface area contributed by atoms with Crippen molar-refractivity contribution in [2.45, 2.75) is 32.4 Å². The Bertz CT molecular complexity index is 1320. The molecule has 3 heterocycles. The van der Waals surface area contributed by atoms with E-state index in [4.69, 9.17) is 4.42 Å². The number of rotatable bonds is 4. The first-order chi connectivity index (χ1) is 15.0. The molecule has 0 radical (unpaired) electrons. The molecule has 154 valence electrons. The highest BCUT2D eigenvalue weighted by Crippen LogP contribution is 2.39. The molecule has 0 saturated heterocycles. The number of fused-ring (bicyclic) bond motifs is 2. The fraction of sp³-hybridized carbons (Fsp3) is 0.192. The van der Waals surface area contributed by atoms with Crippen LogP contribution in [-0.4, -0.2) is 15.8 Å². The molecule has 4 aromatic rings. The van der Waals surface area contributed by atoms with E-state index in [9.17, 15) is 9.59 Å². The fourth-order valence-electron chi connectivity index (χ4n) is 4.22. The van der Waals surface area contributed by atoms with Crippen LogP contribution in [0.15, 0.2) is 82.3 Å². The number of carbonyl (C=O) groups excluding carboxylic acids is 1. The van der Waals surface area contributed by atoms with E-state index < -0.39 is 6.04 Å². The van der Waals surface area contributed by atoms with Crippen LogP contribution in [0, 0.1) is 0 Å². The van der Waals surface area contributed by atoms with Gasteiger partial charge in [0.2, 0.25) is 5.76 Å². The Morgan fingerprint density at radius 3 is 2.39 bits per heavy atom. The maximum absolute atomic E-state index is 13.5. The van der Waals surface area contributed by atoms with Gasteiger partial charge in [-0.15, -0.1) is 0 Å². The minimum Gasteiger partial charge on any atom is -0.450 e. The molecule has 0 aliphatic carbocycles. The molecule has 31 heavy (non-hydrogen) atoms. The van der Waals surface area contributed by atoms with E-state index in [1.165, 1.54) is 5.56 Å². The van der Waals surface area contributed by atoms with Gasteiger partial charge >= 0.3 is 0 Å². The zero-order valence-electron chi connectivity index (χ0n) is 17.4. The topological polar surface area (TPSA) is 63.4 Å². The molecule has 0 bridgehead atoms. The molecule has 0 spiro atoms. The van der Waals surface area contributed by atoms with Crippen LogP contribution in [0.25, 0.3) is 11.0 Å². The van der Waals surface area contributed by atoms with Crippen LogP contribution in [0.3, 0.4) is 0 Å². The van der Waals surface area contributed by atoms with Crippen LogP contribution < -0.4 is 5.43 Å². The number of benzene rings is 2. The maximum atomic E-state index is 13.5. The summed E-state index contributed by atoms with van der Waals surface area (Å²) >= 11 is 0. The van der Waals surface area contributed by atoms with Gasteiger partial charge in [0.05, 0.1) is 17.0 Å². The first-order valence-electron chi connectivity index (χ1n) is 10.4. The van der Waals surface area contributed by atoms with Crippen LogP contribution in [0.4, 0.5) is 0 Å². The molecule has 1 atom stereocenters. The lowest BCUT2D eigenvalue weighted by Crippen LogP contribution is -2.29. The van der Waals surface area contributed by atoms with Gasteiger partial charge in [-0.2, -0.15) is 0 Å². The van der Waals surface area contributed by atoms with Crippen LogP contribution in [0.1, 0.15) is 58.6 Å². The summed E-state index contributed by atoms with van der Waals surface area (Å²) in [5, 5.41) is 0.489. The van der Waals surface area contributed by atoms with Crippen LogP contribution in [0.2, 0.25) is 0 Å². The molecule has 0 saturated carbocycles. The molecule has 5 nitrogen and oxygen atoms in total. The third-order valence-corrected chi connectivity index (χ3v) is 5.89. The first kappa shape index (κ1) is 19.2.